The molecule has 0 saturated carbocycles. The molecule has 2 heterocycles. The number of nitrogens with one attached hydrogen (secondary N) is 1. The number of fused-ring (bicyclic) bond motifs is 2. The number of nitrogens with two attached hydrogens (primary N) is 1. The molecule has 4 nitrogen and oxygen atoms in total. The molecule has 0 fully saturated rings. The van der Waals surface area contributed by atoms with Crippen LogP contribution in [0, 0.1) is 0 Å². The third kappa shape index (κ3) is 2.75. The number of hydrogen-bond acceptors (Lipinski definition) is 4. The van der Waals surface area contributed by atoms with Gasteiger partial charge in [-0.05, 0) is 37.3 Å². The molecular weight excluding hydrogens is 282 g/mol. The van der Waals surface area contributed by atoms with Gasteiger partial charge in [-0.25, -0.2) is 4.98 Å². The van der Waals surface area contributed by atoms with Crippen molar-refractivity contribution in [3.05, 3.63) is 22.2 Å². The van der Waals surface area contributed by atoms with Crippen LogP contribution in [0.25, 0.3) is 10.2 Å². The van der Waals surface area contributed by atoms with Gasteiger partial charge in [0.2, 0.25) is 0 Å². The van der Waals surface area contributed by atoms with Crippen LogP contribution >= 0.6 is 11.3 Å². The second-order valence-electron chi connectivity index (χ2n) is 5.61. The zero-order valence-electron chi connectivity index (χ0n) is 12.4. The number of pyridine rings is 1. The number of nitrogens with zero attached hydrogens (tertiary/aromatic N) is 1. The zero-order valence-corrected chi connectivity index (χ0v) is 13.2. The SMILES string of the molecule is CCCCCNC(=O)c1sc2nc3c(cc2c1N)CCC3. The number of hydrogen-bond donors (Lipinski definition) is 2. The van der Waals surface area contributed by atoms with Gasteiger partial charge < -0.3 is 11.1 Å². The van der Waals surface area contributed by atoms with Crippen molar-refractivity contribution in [2.24, 2.45) is 0 Å². The molecule has 0 aromatic carbocycles. The number of aryl methyl sites for hydroxylation is 2. The number of thiophene rings is 1. The fraction of sp³-hybridized carbons (Fsp3) is 0.500. The normalized spacial score (nSPS) is 13.6. The van der Waals surface area contributed by atoms with Crippen LogP contribution in [-0.4, -0.2) is 17.4 Å². The molecule has 0 atom stereocenters. The lowest BCUT2D eigenvalue weighted by atomic mass is 10.1. The summed E-state index contributed by atoms with van der Waals surface area (Å²) in [4.78, 5) is 18.4. The molecule has 3 N–H and O–H groups in total. The van der Waals surface area contributed by atoms with Gasteiger partial charge in [0, 0.05) is 17.6 Å². The van der Waals surface area contributed by atoms with Gasteiger partial charge >= 0.3 is 0 Å². The average Bonchev–Trinajstić information content (AvgIpc) is 3.06. The minimum atomic E-state index is -0.0632. The molecule has 0 radical (unpaired) electrons. The Labute approximate surface area is 128 Å². The van der Waals surface area contributed by atoms with E-state index in [4.69, 9.17) is 5.73 Å². The molecule has 21 heavy (non-hydrogen) atoms. The van der Waals surface area contributed by atoms with E-state index >= 15 is 0 Å². The smallest absolute Gasteiger partial charge is 0.263 e. The number of anilines is 1. The third-order valence-corrected chi connectivity index (χ3v) is 5.14. The van der Waals surface area contributed by atoms with Crippen LogP contribution < -0.4 is 11.1 Å². The number of carbonyl (C=O) groups is 1. The monoisotopic (exact) mass is 303 g/mol. The number of rotatable bonds is 5. The topological polar surface area (TPSA) is 68.0 Å². The predicted octanol–water partition coefficient (Wildman–Crippen LogP) is 3.29. The van der Waals surface area contributed by atoms with Crippen molar-refractivity contribution in [3.8, 4) is 0 Å². The maximum absolute atomic E-state index is 12.2. The van der Waals surface area contributed by atoms with Crippen molar-refractivity contribution in [2.45, 2.75) is 45.4 Å². The van der Waals surface area contributed by atoms with Gasteiger partial charge in [-0.2, -0.15) is 0 Å². The molecule has 3 rings (SSSR count). The Bertz CT molecular complexity index is 678. The highest BCUT2D eigenvalue weighted by atomic mass is 32.1. The summed E-state index contributed by atoms with van der Waals surface area (Å²) in [6.07, 6.45) is 6.59. The predicted molar refractivity (Wildman–Crippen MR) is 87.9 cm³/mol. The van der Waals surface area contributed by atoms with E-state index in [1.54, 1.807) is 0 Å². The van der Waals surface area contributed by atoms with Crippen LogP contribution in [0.1, 0.15) is 53.5 Å². The van der Waals surface area contributed by atoms with E-state index in [1.807, 2.05) is 0 Å². The van der Waals surface area contributed by atoms with E-state index in [9.17, 15) is 4.79 Å². The maximum atomic E-state index is 12.2. The first-order chi connectivity index (χ1) is 10.2. The Hall–Kier alpha value is -1.62. The molecule has 2 aromatic heterocycles. The molecule has 0 unspecified atom stereocenters. The maximum Gasteiger partial charge on any atom is 0.263 e. The van der Waals surface area contributed by atoms with Crippen LogP contribution in [0.4, 0.5) is 5.69 Å². The van der Waals surface area contributed by atoms with Crippen LogP contribution in [0.15, 0.2) is 6.07 Å². The third-order valence-electron chi connectivity index (χ3n) is 4.02. The Morgan fingerprint density at radius 1 is 1.43 bits per heavy atom. The average molecular weight is 303 g/mol. The highest BCUT2D eigenvalue weighted by molar-refractivity contribution is 7.21. The summed E-state index contributed by atoms with van der Waals surface area (Å²) in [5.41, 5.74) is 9.23. The summed E-state index contributed by atoms with van der Waals surface area (Å²) in [5, 5.41) is 3.90. The van der Waals surface area contributed by atoms with Crippen LogP contribution in [0.2, 0.25) is 0 Å². The van der Waals surface area contributed by atoms with E-state index < -0.39 is 0 Å². The lowest BCUT2D eigenvalue weighted by Crippen LogP contribution is -2.24. The van der Waals surface area contributed by atoms with Gasteiger partial charge in [0.05, 0.1) is 5.69 Å². The van der Waals surface area contributed by atoms with Crippen LogP contribution in [0.5, 0.6) is 0 Å². The molecule has 0 saturated heterocycles. The summed E-state index contributed by atoms with van der Waals surface area (Å²) < 4.78 is 0. The Morgan fingerprint density at radius 2 is 2.29 bits per heavy atom. The fourth-order valence-corrected chi connectivity index (χ4v) is 3.84. The van der Waals surface area contributed by atoms with E-state index in [1.165, 1.54) is 29.0 Å². The van der Waals surface area contributed by atoms with Gasteiger partial charge in [0.25, 0.3) is 5.91 Å². The van der Waals surface area contributed by atoms with Crippen LogP contribution in [0.3, 0.4) is 0 Å². The van der Waals surface area contributed by atoms with Gasteiger partial charge in [-0.15, -0.1) is 11.3 Å². The van der Waals surface area contributed by atoms with E-state index in [-0.39, 0.29) is 5.91 Å². The van der Waals surface area contributed by atoms with Gasteiger partial charge in [-0.1, -0.05) is 19.8 Å². The van der Waals surface area contributed by atoms with Crippen molar-refractivity contribution in [1.82, 2.24) is 10.3 Å². The molecule has 112 valence electrons. The number of carbonyl (C=O) groups excluding carboxylic acids is 1. The van der Waals surface area contributed by atoms with Gasteiger partial charge in [0.15, 0.2) is 0 Å². The van der Waals surface area contributed by atoms with E-state index in [0.717, 1.165) is 42.3 Å². The second-order valence-corrected chi connectivity index (χ2v) is 6.61. The van der Waals surface area contributed by atoms with Crippen molar-refractivity contribution < 1.29 is 4.79 Å². The standard InChI is InChI=1S/C16H21N3OS/c1-2-3-4-8-18-15(20)14-13(17)11-9-10-6-5-7-12(10)19-16(11)21-14/h9H,2-8,17H2,1H3,(H,18,20). The van der Waals surface area contributed by atoms with Gasteiger partial charge in [0.1, 0.15) is 9.71 Å². The molecule has 0 aliphatic heterocycles. The molecule has 0 spiro atoms. The summed E-state index contributed by atoms with van der Waals surface area (Å²) >= 11 is 1.41. The number of amides is 1. The van der Waals surface area contributed by atoms with Crippen molar-refractivity contribution in [2.75, 3.05) is 12.3 Å². The fourth-order valence-electron chi connectivity index (χ4n) is 2.82. The highest BCUT2D eigenvalue weighted by Crippen LogP contribution is 2.35. The first-order valence-corrected chi connectivity index (χ1v) is 8.51. The highest BCUT2D eigenvalue weighted by Gasteiger charge is 2.20. The number of nitrogen functional groups attached to an aromatic ring is 1. The largest absolute Gasteiger partial charge is 0.397 e. The second kappa shape index (κ2) is 6.02. The Kier molecular flexibility index (Phi) is 4.10. The summed E-state index contributed by atoms with van der Waals surface area (Å²) in [7, 11) is 0. The van der Waals surface area contributed by atoms with Crippen molar-refractivity contribution in [1.29, 1.82) is 0 Å². The number of unbranched alkanes of at least 4 members (excludes halogenated alkanes) is 2. The molecular formula is C16H21N3OS. The molecule has 1 aliphatic rings. The van der Waals surface area contributed by atoms with Gasteiger partial charge in [-0.3, -0.25) is 4.79 Å². The Balaban J connectivity index is 1.83. The van der Waals surface area contributed by atoms with Crippen LogP contribution in [-0.2, 0) is 12.8 Å². The van der Waals surface area contributed by atoms with Crippen molar-refractivity contribution in [3.63, 3.8) is 0 Å². The summed E-state index contributed by atoms with van der Waals surface area (Å²) in [6.45, 7) is 2.86. The lowest BCUT2D eigenvalue weighted by Gasteiger charge is -2.03. The molecule has 1 aliphatic carbocycles. The molecule has 5 heteroatoms. The lowest BCUT2D eigenvalue weighted by molar-refractivity contribution is 0.0958. The first kappa shape index (κ1) is 14.3. The minimum Gasteiger partial charge on any atom is -0.397 e. The quantitative estimate of drug-likeness (QED) is 0.833. The number of aromatic nitrogens is 1. The van der Waals surface area contributed by atoms with E-state index in [0.29, 0.717) is 17.1 Å². The summed E-state index contributed by atoms with van der Waals surface area (Å²) in [5.74, 6) is -0.0632. The van der Waals surface area contributed by atoms with E-state index in [2.05, 4.69) is 23.3 Å². The summed E-state index contributed by atoms with van der Waals surface area (Å²) in [6, 6.07) is 2.13. The zero-order chi connectivity index (χ0) is 14.8. The first-order valence-electron chi connectivity index (χ1n) is 7.69. The molecule has 0 bridgehead atoms. The Morgan fingerprint density at radius 3 is 3.10 bits per heavy atom. The molecule has 2 aromatic rings. The van der Waals surface area contributed by atoms with Crippen molar-refractivity contribution >= 4 is 33.1 Å². The minimum absolute atomic E-state index is 0.0632. The molecule has 1 amide bonds.